The zero-order valence-corrected chi connectivity index (χ0v) is 11.5. The molecule has 94 valence electrons. The molecule has 0 saturated heterocycles. The van der Waals surface area contributed by atoms with Crippen molar-refractivity contribution in [2.75, 3.05) is 27.3 Å². The highest BCUT2D eigenvalue weighted by Gasteiger charge is 2.16. The second kappa shape index (κ2) is 6.61. The highest BCUT2D eigenvalue weighted by Crippen LogP contribution is 2.24. The first kappa shape index (κ1) is 14.0. The Kier molecular flexibility index (Phi) is 5.44. The Hall–Kier alpha value is -1.07. The average molecular weight is 302 g/mol. The molecule has 1 aromatic rings. The first-order valence-corrected chi connectivity index (χ1v) is 6.09. The van der Waals surface area contributed by atoms with Crippen LogP contribution in [-0.2, 0) is 0 Å². The van der Waals surface area contributed by atoms with Crippen LogP contribution in [0.5, 0.6) is 5.75 Å². The quantitative estimate of drug-likeness (QED) is 0.904. The second-order valence-electron chi connectivity index (χ2n) is 3.65. The van der Waals surface area contributed by atoms with Crippen molar-refractivity contribution < 1.29 is 14.6 Å². The van der Waals surface area contributed by atoms with Gasteiger partial charge in [0.25, 0.3) is 5.91 Å². The van der Waals surface area contributed by atoms with Crippen LogP contribution in [-0.4, -0.2) is 43.2 Å². The van der Waals surface area contributed by atoms with Gasteiger partial charge in [-0.15, -0.1) is 0 Å². The molecule has 0 aliphatic heterocycles. The standard InChI is InChI=1S/C12H16BrNO3/c1-14(6-3-7-15)12(16)10-8-9(13)4-5-11(10)17-2/h4-5,8,15H,3,6-7H2,1-2H3. The summed E-state index contributed by atoms with van der Waals surface area (Å²) < 4.78 is 5.99. The number of aliphatic hydroxyl groups excluding tert-OH is 1. The van der Waals surface area contributed by atoms with E-state index < -0.39 is 0 Å². The summed E-state index contributed by atoms with van der Waals surface area (Å²) in [6.07, 6.45) is 0.568. The largest absolute Gasteiger partial charge is 0.496 e. The van der Waals surface area contributed by atoms with Gasteiger partial charge in [-0.05, 0) is 24.6 Å². The third-order valence-electron chi connectivity index (χ3n) is 2.39. The maximum atomic E-state index is 12.1. The molecule has 0 heterocycles. The zero-order valence-electron chi connectivity index (χ0n) is 9.94. The molecular formula is C12H16BrNO3. The fourth-order valence-corrected chi connectivity index (χ4v) is 1.82. The molecule has 1 rings (SSSR count). The van der Waals surface area contributed by atoms with Crippen LogP contribution < -0.4 is 4.74 Å². The average Bonchev–Trinajstić information content (AvgIpc) is 2.34. The smallest absolute Gasteiger partial charge is 0.257 e. The van der Waals surface area contributed by atoms with E-state index in [0.29, 0.717) is 24.3 Å². The van der Waals surface area contributed by atoms with E-state index in [2.05, 4.69) is 15.9 Å². The normalized spacial score (nSPS) is 10.1. The van der Waals surface area contributed by atoms with Crippen molar-refractivity contribution in [3.05, 3.63) is 28.2 Å². The maximum absolute atomic E-state index is 12.1. The number of nitrogens with zero attached hydrogens (tertiary/aromatic N) is 1. The van der Waals surface area contributed by atoms with Gasteiger partial charge in [0.05, 0.1) is 12.7 Å². The summed E-state index contributed by atoms with van der Waals surface area (Å²) in [6, 6.07) is 5.30. The lowest BCUT2D eigenvalue weighted by molar-refractivity contribution is 0.0783. The Morgan fingerprint density at radius 2 is 2.24 bits per heavy atom. The molecular weight excluding hydrogens is 286 g/mol. The molecule has 1 amide bonds. The summed E-state index contributed by atoms with van der Waals surface area (Å²) in [6.45, 7) is 0.595. The lowest BCUT2D eigenvalue weighted by atomic mass is 10.1. The van der Waals surface area contributed by atoms with E-state index in [-0.39, 0.29) is 12.5 Å². The van der Waals surface area contributed by atoms with Gasteiger partial charge in [0.15, 0.2) is 0 Å². The number of carbonyl (C=O) groups is 1. The summed E-state index contributed by atoms with van der Waals surface area (Å²) in [4.78, 5) is 13.7. The molecule has 4 nitrogen and oxygen atoms in total. The topological polar surface area (TPSA) is 49.8 Å². The SMILES string of the molecule is COc1ccc(Br)cc1C(=O)N(C)CCCO. The minimum absolute atomic E-state index is 0.0766. The summed E-state index contributed by atoms with van der Waals surface area (Å²) in [5.41, 5.74) is 0.516. The number of methoxy groups -OCH3 is 1. The molecule has 0 radical (unpaired) electrons. The van der Waals surface area contributed by atoms with Gasteiger partial charge in [-0.25, -0.2) is 0 Å². The molecule has 0 spiro atoms. The van der Waals surface area contributed by atoms with Crippen LogP contribution in [0.15, 0.2) is 22.7 Å². The number of carbonyl (C=O) groups excluding carboxylic acids is 1. The summed E-state index contributed by atoms with van der Waals surface area (Å²) in [5.74, 6) is 0.436. The Morgan fingerprint density at radius 1 is 1.53 bits per heavy atom. The van der Waals surface area contributed by atoms with E-state index in [1.807, 2.05) is 6.07 Å². The monoisotopic (exact) mass is 301 g/mol. The number of hydrogen-bond acceptors (Lipinski definition) is 3. The predicted molar refractivity (Wildman–Crippen MR) is 69.4 cm³/mol. The van der Waals surface area contributed by atoms with E-state index in [4.69, 9.17) is 9.84 Å². The van der Waals surface area contributed by atoms with Gasteiger partial charge in [0, 0.05) is 24.7 Å². The van der Waals surface area contributed by atoms with Crippen molar-refractivity contribution in [2.45, 2.75) is 6.42 Å². The zero-order chi connectivity index (χ0) is 12.8. The fraction of sp³-hybridized carbons (Fsp3) is 0.417. The number of aliphatic hydroxyl groups is 1. The molecule has 0 unspecified atom stereocenters. The minimum atomic E-state index is -0.114. The molecule has 0 fully saturated rings. The predicted octanol–water partition coefficient (Wildman–Crippen LogP) is 1.91. The number of benzene rings is 1. The van der Waals surface area contributed by atoms with Gasteiger partial charge in [0.2, 0.25) is 0 Å². The van der Waals surface area contributed by atoms with Crippen LogP contribution in [0.2, 0.25) is 0 Å². The Balaban J connectivity index is 2.90. The molecule has 1 aromatic carbocycles. The van der Waals surface area contributed by atoms with Gasteiger partial charge >= 0.3 is 0 Å². The third-order valence-corrected chi connectivity index (χ3v) is 2.88. The molecule has 17 heavy (non-hydrogen) atoms. The first-order chi connectivity index (χ1) is 8.10. The number of ether oxygens (including phenoxy) is 1. The van der Waals surface area contributed by atoms with Crippen LogP contribution in [0.3, 0.4) is 0 Å². The highest BCUT2D eigenvalue weighted by atomic mass is 79.9. The van der Waals surface area contributed by atoms with Crippen LogP contribution in [0, 0.1) is 0 Å². The van der Waals surface area contributed by atoms with E-state index >= 15 is 0 Å². The summed E-state index contributed by atoms with van der Waals surface area (Å²) in [7, 11) is 3.24. The minimum Gasteiger partial charge on any atom is -0.496 e. The third kappa shape index (κ3) is 3.71. The molecule has 0 aromatic heterocycles. The second-order valence-corrected chi connectivity index (χ2v) is 4.56. The van der Waals surface area contributed by atoms with Crippen LogP contribution in [0.4, 0.5) is 0 Å². The molecule has 1 N–H and O–H groups in total. The van der Waals surface area contributed by atoms with Gasteiger partial charge in [-0.1, -0.05) is 15.9 Å². The summed E-state index contributed by atoms with van der Waals surface area (Å²) in [5, 5.41) is 8.74. The van der Waals surface area contributed by atoms with Crippen molar-refractivity contribution in [1.29, 1.82) is 0 Å². The number of rotatable bonds is 5. The van der Waals surface area contributed by atoms with Crippen LogP contribution in [0.25, 0.3) is 0 Å². The molecule has 0 aliphatic rings. The Morgan fingerprint density at radius 3 is 2.82 bits per heavy atom. The van der Waals surface area contributed by atoms with Crippen molar-refractivity contribution in [3.63, 3.8) is 0 Å². The Bertz CT molecular complexity index is 395. The summed E-state index contributed by atoms with van der Waals surface area (Å²) >= 11 is 3.33. The van der Waals surface area contributed by atoms with E-state index in [1.165, 1.54) is 7.11 Å². The van der Waals surface area contributed by atoms with Crippen molar-refractivity contribution in [2.24, 2.45) is 0 Å². The number of hydrogen-bond donors (Lipinski definition) is 1. The molecule has 0 atom stereocenters. The maximum Gasteiger partial charge on any atom is 0.257 e. The van der Waals surface area contributed by atoms with Crippen LogP contribution in [0.1, 0.15) is 16.8 Å². The fourth-order valence-electron chi connectivity index (χ4n) is 1.46. The highest BCUT2D eigenvalue weighted by molar-refractivity contribution is 9.10. The van der Waals surface area contributed by atoms with Gasteiger partial charge in [-0.2, -0.15) is 0 Å². The lowest BCUT2D eigenvalue weighted by Crippen LogP contribution is -2.28. The van der Waals surface area contributed by atoms with Crippen LogP contribution >= 0.6 is 15.9 Å². The molecule has 0 bridgehead atoms. The number of amides is 1. The van der Waals surface area contributed by atoms with E-state index in [1.54, 1.807) is 24.1 Å². The van der Waals surface area contributed by atoms with Gasteiger partial charge in [-0.3, -0.25) is 4.79 Å². The molecule has 5 heteroatoms. The van der Waals surface area contributed by atoms with Crippen molar-refractivity contribution in [3.8, 4) is 5.75 Å². The van der Waals surface area contributed by atoms with Gasteiger partial charge < -0.3 is 14.7 Å². The van der Waals surface area contributed by atoms with Gasteiger partial charge in [0.1, 0.15) is 5.75 Å². The lowest BCUT2D eigenvalue weighted by Gasteiger charge is -2.18. The molecule has 0 saturated carbocycles. The van der Waals surface area contributed by atoms with E-state index in [9.17, 15) is 4.79 Å². The molecule has 0 aliphatic carbocycles. The van der Waals surface area contributed by atoms with E-state index in [0.717, 1.165) is 4.47 Å². The Labute approximate surface area is 109 Å². The van der Waals surface area contributed by atoms with Crippen molar-refractivity contribution in [1.82, 2.24) is 4.90 Å². The first-order valence-electron chi connectivity index (χ1n) is 5.30. The number of halogens is 1. The van der Waals surface area contributed by atoms with Crippen molar-refractivity contribution >= 4 is 21.8 Å².